The first kappa shape index (κ1) is 16.1. The van der Waals surface area contributed by atoms with Crippen LogP contribution in [0.25, 0.3) is 0 Å². The highest BCUT2D eigenvalue weighted by Gasteiger charge is 2.08. The van der Waals surface area contributed by atoms with Crippen molar-refractivity contribution >= 4 is 11.3 Å². The predicted octanol–water partition coefficient (Wildman–Crippen LogP) is 4.79. The molecule has 2 aromatic rings. The number of benzene rings is 1. The molecule has 3 heteroatoms. The molecule has 1 aromatic carbocycles. The van der Waals surface area contributed by atoms with E-state index in [9.17, 15) is 0 Å². The molecule has 1 aromatic heterocycles. The fourth-order valence-corrected chi connectivity index (χ4v) is 3.34. The second-order valence-electron chi connectivity index (χ2n) is 5.79. The Morgan fingerprint density at radius 1 is 1.19 bits per heavy atom. The third kappa shape index (κ3) is 4.08. The molecule has 0 bridgehead atoms. The molecule has 0 aliphatic carbocycles. The fourth-order valence-electron chi connectivity index (χ4n) is 2.28. The minimum atomic E-state index is 0.526. The zero-order valence-electron chi connectivity index (χ0n) is 13.6. The van der Waals surface area contributed by atoms with Crippen molar-refractivity contribution in [1.82, 2.24) is 5.32 Å². The van der Waals surface area contributed by atoms with Crippen LogP contribution in [0.15, 0.2) is 24.3 Å². The molecule has 0 atom stereocenters. The molecule has 0 saturated carbocycles. The van der Waals surface area contributed by atoms with Gasteiger partial charge in [0.15, 0.2) is 0 Å². The number of aryl methyl sites for hydroxylation is 2. The molecular formula is C18H25NOS. The second-order valence-corrected chi connectivity index (χ2v) is 7.13. The first-order valence-corrected chi connectivity index (χ1v) is 8.29. The molecule has 1 N–H and O–H groups in total. The maximum atomic E-state index is 6.07. The molecule has 0 aliphatic rings. The smallest absolute Gasteiger partial charge is 0.123 e. The van der Waals surface area contributed by atoms with Gasteiger partial charge in [0.05, 0.1) is 0 Å². The normalized spacial score (nSPS) is 11.1. The SMILES string of the molecule is CNCc1cc(COc2cc(C(C)C)ccc2C)c(C)s1. The average molecular weight is 303 g/mol. The summed E-state index contributed by atoms with van der Waals surface area (Å²) in [5, 5.41) is 3.20. The quantitative estimate of drug-likeness (QED) is 0.828. The van der Waals surface area contributed by atoms with Gasteiger partial charge in [-0.3, -0.25) is 0 Å². The first-order chi connectivity index (χ1) is 10.0. The lowest BCUT2D eigenvalue weighted by atomic mass is 10.0. The van der Waals surface area contributed by atoms with E-state index in [0.29, 0.717) is 12.5 Å². The Kier molecular flexibility index (Phi) is 5.43. The van der Waals surface area contributed by atoms with Crippen LogP contribution in [0.1, 0.15) is 46.2 Å². The van der Waals surface area contributed by atoms with Gasteiger partial charge in [-0.2, -0.15) is 0 Å². The van der Waals surface area contributed by atoms with Gasteiger partial charge in [-0.05, 0) is 50.1 Å². The highest BCUT2D eigenvalue weighted by molar-refractivity contribution is 7.12. The third-order valence-electron chi connectivity index (χ3n) is 3.68. The summed E-state index contributed by atoms with van der Waals surface area (Å²) in [5.74, 6) is 1.53. The van der Waals surface area contributed by atoms with Crippen LogP contribution < -0.4 is 10.1 Å². The molecule has 114 valence electrons. The molecule has 1 heterocycles. The summed E-state index contributed by atoms with van der Waals surface area (Å²) in [6.45, 7) is 10.3. The van der Waals surface area contributed by atoms with Gasteiger partial charge in [-0.25, -0.2) is 0 Å². The topological polar surface area (TPSA) is 21.3 Å². The van der Waals surface area contributed by atoms with Crippen molar-refractivity contribution in [3.8, 4) is 5.75 Å². The number of hydrogen-bond donors (Lipinski definition) is 1. The lowest BCUT2D eigenvalue weighted by Gasteiger charge is -2.12. The molecule has 0 spiro atoms. The molecule has 2 nitrogen and oxygen atoms in total. The van der Waals surface area contributed by atoms with Crippen LogP contribution in [0, 0.1) is 13.8 Å². The van der Waals surface area contributed by atoms with Crippen molar-refractivity contribution in [2.45, 2.75) is 46.8 Å². The Balaban J connectivity index is 2.10. The first-order valence-electron chi connectivity index (χ1n) is 7.47. The monoisotopic (exact) mass is 303 g/mol. The number of thiophene rings is 1. The van der Waals surface area contributed by atoms with Gasteiger partial charge >= 0.3 is 0 Å². The molecule has 21 heavy (non-hydrogen) atoms. The minimum absolute atomic E-state index is 0.526. The minimum Gasteiger partial charge on any atom is -0.489 e. The van der Waals surface area contributed by atoms with E-state index in [-0.39, 0.29) is 0 Å². The van der Waals surface area contributed by atoms with Gasteiger partial charge in [0.1, 0.15) is 12.4 Å². The predicted molar refractivity (Wildman–Crippen MR) is 91.4 cm³/mol. The zero-order valence-corrected chi connectivity index (χ0v) is 14.4. The van der Waals surface area contributed by atoms with Crippen molar-refractivity contribution in [2.75, 3.05) is 7.05 Å². The van der Waals surface area contributed by atoms with E-state index in [2.05, 4.69) is 57.3 Å². The van der Waals surface area contributed by atoms with Crippen LogP contribution >= 0.6 is 11.3 Å². The highest BCUT2D eigenvalue weighted by atomic mass is 32.1. The second kappa shape index (κ2) is 7.10. The Hall–Kier alpha value is -1.32. The summed E-state index contributed by atoms with van der Waals surface area (Å²) in [4.78, 5) is 2.71. The van der Waals surface area contributed by atoms with Crippen molar-refractivity contribution < 1.29 is 4.74 Å². The lowest BCUT2D eigenvalue weighted by Crippen LogP contribution is -2.03. The Morgan fingerprint density at radius 3 is 2.62 bits per heavy atom. The van der Waals surface area contributed by atoms with Crippen LogP contribution in [0.3, 0.4) is 0 Å². The number of nitrogens with one attached hydrogen (secondary N) is 1. The maximum absolute atomic E-state index is 6.07. The van der Waals surface area contributed by atoms with Crippen LogP contribution in [-0.4, -0.2) is 7.05 Å². The summed E-state index contributed by atoms with van der Waals surface area (Å²) < 4.78 is 6.07. The highest BCUT2D eigenvalue weighted by Crippen LogP contribution is 2.27. The fraction of sp³-hybridized carbons (Fsp3) is 0.444. The molecule has 0 aliphatic heterocycles. The Bertz CT molecular complexity index is 601. The van der Waals surface area contributed by atoms with Crippen molar-refractivity contribution in [2.24, 2.45) is 0 Å². The number of rotatable bonds is 6. The summed E-state index contributed by atoms with van der Waals surface area (Å²) in [7, 11) is 1.98. The number of ether oxygens (including phenoxy) is 1. The van der Waals surface area contributed by atoms with Gasteiger partial charge < -0.3 is 10.1 Å². The van der Waals surface area contributed by atoms with Crippen LogP contribution in [0.4, 0.5) is 0 Å². The van der Waals surface area contributed by atoms with Crippen LogP contribution in [0.5, 0.6) is 5.75 Å². The molecule has 0 radical (unpaired) electrons. The average Bonchev–Trinajstić information content (AvgIpc) is 2.78. The molecular weight excluding hydrogens is 278 g/mol. The summed E-state index contributed by atoms with van der Waals surface area (Å²) in [6, 6.07) is 8.76. The standard InChI is InChI=1S/C18H25NOS/c1-12(2)15-7-6-13(3)18(9-15)20-11-16-8-17(10-19-5)21-14(16)4/h6-9,12,19H,10-11H2,1-5H3. The maximum Gasteiger partial charge on any atom is 0.123 e. The van der Waals surface area contributed by atoms with E-state index < -0.39 is 0 Å². The van der Waals surface area contributed by atoms with Gasteiger partial charge in [-0.1, -0.05) is 26.0 Å². The zero-order chi connectivity index (χ0) is 15.4. The third-order valence-corrected chi connectivity index (χ3v) is 4.78. The Labute approximate surface area is 132 Å². The van der Waals surface area contributed by atoms with Gasteiger partial charge in [0, 0.05) is 21.9 Å². The van der Waals surface area contributed by atoms with Gasteiger partial charge in [-0.15, -0.1) is 11.3 Å². The summed E-state index contributed by atoms with van der Waals surface area (Å²) in [5.41, 5.74) is 3.82. The molecule has 0 fully saturated rings. The van der Waals surface area contributed by atoms with Crippen LogP contribution in [-0.2, 0) is 13.2 Å². The Morgan fingerprint density at radius 2 is 1.95 bits per heavy atom. The van der Waals surface area contributed by atoms with Crippen LogP contribution in [0.2, 0.25) is 0 Å². The van der Waals surface area contributed by atoms with E-state index in [1.54, 1.807) is 0 Å². The summed E-state index contributed by atoms with van der Waals surface area (Å²) in [6.07, 6.45) is 0. The van der Waals surface area contributed by atoms with Gasteiger partial charge in [0.25, 0.3) is 0 Å². The molecule has 0 amide bonds. The van der Waals surface area contributed by atoms with E-state index in [1.807, 2.05) is 18.4 Å². The van der Waals surface area contributed by atoms with Crippen molar-refractivity contribution in [3.05, 3.63) is 50.7 Å². The van der Waals surface area contributed by atoms with E-state index >= 15 is 0 Å². The van der Waals surface area contributed by atoms with E-state index in [1.165, 1.54) is 26.4 Å². The van der Waals surface area contributed by atoms with Crippen molar-refractivity contribution in [3.63, 3.8) is 0 Å². The van der Waals surface area contributed by atoms with E-state index in [4.69, 9.17) is 4.74 Å². The van der Waals surface area contributed by atoms with Gasteiger partial charge in [0.2, 0.25) is 0 Å². The summed E-state index contributed by atoms with van der Waals surface area (Å²) >= 11 is 1.84. The molecule has 2 rings (SSSR count). The molecule has 0 unspecified atom stereocenters. The largest absolute Gasteiger partial charge is 0.489 e. The van der Waals surface area contributed by atoms with Crippen molar-refractivity contribution in [1.29, 1.82) is 0 Å². The lowest BCUT2D eigenvalue weighted by molar-refractivity contribution is 0.303. The number of hydrogen-bond acceptors (Lipinski definition) is 3. The van der Waals surface area contributed by atoms with E-state index in [0.717, 1.165) is 12.3 Å². The molecule has 0 saturated heterocycles.